The van der Waals surface area contributed by atoms with Crippen molar-refractivity contribution in [3.8, 4) is 17.1 Å². The number of rotatable bonds is 5. The molecule has 0 aliphatic carbocycles. The van der Waals surface area contributed by atoms with Gasteiger partial charge in [0.05, 0.1) is 17.1 Å². The number of hydrogen-bond acceptors (Lipinski definition) is 6. The molecule has 0 bridgehead atoms. The Balaban J connectivity index is 1.45. The van der Waals surface area contributed by atoms with E-state index in [-0.39, 0.29) is 11.7 Å². The van der Waals surface area contributed by atoms with Crippen LogP contribution in [0, 0.1) is 6.92 Å². The molecule has 0 saturated heterocycles. The molecule has 1 aliphatic heterocycles. The molecule has 3 heterocycles. The molecule has 0 saturated carbocycles. The van der Waals surface area contributed by atoms with Gasteiger partial charge in [0, 0.05) is 34.6 Å². The van der Waals surface area contributed by atoms with Gasteiger partial charge in [-0.15, -0.1) is 22.0 Å². The Morgan fingerprint density at radius 3 is 2.56 bits per heavy atom. The smallest absolute Gasteiger partial charge is 0.237 e. The molecule has 34 heavy (non-hydrogen) atoms. The van der Waals surface area contributed by atoms with E-state index < -0.39 is 0 Å². The van der Waals surface area contributed by atoms with Crippen LogP contribution in [0.1, 0.15) is 18.9 Å². The monoisotopic (exact) mass is 487 g/mol. The van der Waals surface area contributed by atoms with Crippen molar-refractivity contribution in [2.75, 3.05) is 17.2 Å². The van der Waals surface area contributed by atoms with Crippen LogP contribution in [0.5, 0.6) is 0 Å². The van der Waals surface area contributed by atoms with Gasteiger partial charge in [-0.1, -0.05) is 49.0 Å². The van der Waals surface area contributed by atoms with E-state index in [1.54, 1.807) is 12.4 Å². The molecule has 4 aromatic rings. The minimum Gasteiger partial charge on any atom is -0.311 e. The molecule has 1 amide bonds. The summed E-state index contributed by atoms with van der Waals surface area (Å²) in [6, 6.07) is 20.2. The minimum absolute atomic E-state index is 0.0805. The first-order valence-corrected chi connectivity index (χ1v) is 13.1. The zero-order valence-corrected chi connectivity index (χ0v) is 20.7. The van der Waals surface area contributed by atoms with E-state index in [4.69, 9.17) is 0 Å². The van der Waals surface area contributed by atoms with Crippen molar-refractivity contribution >= 4 is 35.1 Å². The van der Waals surface area contributed by atoms with Crippen molar-refractivity contribution in [3.05, 3.63) is 78.6 Å². The number of pyridine rings is 1. The van der Waals surface area contributed by atoms with E-state index in [9.17, 15) is 4.79 Å². The molecule has 1 atom stereocenters. The summed E-state index contributed by atoms with van der Waals surface area (Å²) < 4.78 is 2.04. The number of thioether (sulfide) groups is 2. The zero-order valence-electron chi connectivity index (χ0n) is 19.1. The molecule has 6 nitrogen and oxygen atoms in total. The van der Waals surface area contributed by atoms with E-state index in [1.165, 1.54) is 11.8 Å². The van der Waals surface area contributed by atoms with Gasteiger partial charge in [-0.2, -0.15) is 0 Å². The Bertz CT molecular complexity index is 1310. The number of para-hydroxylation sites is 2. The molecule has 1 aliphatic rings. The predicted molar refractivity (Wildman–Crippen MR) is 139 cm³/mol. The van der Waals surface area contributed by atoms with Crippen LogP contribution >= 0.6 is 23.5 Å². The number of aromatic nitrogens is 4. The number of amides is 1. The molecule has 5 rings (SSSR count). The highest BCUT2D eigenvalue weighted by molar-refractivity contribution is 8.00. The quantitative estimate of drug-likeness (QED) is 0.339. The molecule has 172 valence electrons. The van der Waals surface area contributed by atoms with Gasteiger partial charge >= 0.3 is 0 Å². The average molecular weight is 488 g/mol. The normalized spacial score (nSPS) is 15.6. The van der Waals surface area contributed by atoms with Crippen LogP contribution in [0.3, 0.4) is 0 Å². The maximum atomic E-state index is 13.4. The lowest BCUT2D eigenvalue weighted by molar-refractivity contribution is -0.116. The number of anilines is 1. The van der Waals surface area contributed by atoms with Gasteiger partial charge in [0.15, 0.2) is 11.0 Å². The average Bonchev–Trinajstić information content (AvgIpc) is 3.20. The van der Waals surface area contributed by atoms with Crippen LogP contribution in [-0.4, -0.2) is 43.2 Å². The summed E-state index contributed by atoms with van der Waals surface area (Å²) in [6.45, 7) is 5.01. The molecule has 2 aromatic heterocycles. The maximum Gasteiger partial charge on any atom is 0.237 e. The second kappa shape index (κ2) is 10.0. The van der Waals surface area contributed by atoms with E-state index in [0.717, 1.165) is 46.2 Å². The molecule has 8 heteroatoms. The molecular weight excluding hydrogens is 462 g/mol. The van der Waals surface area contributed by atoms with Gasteiger partial charge in [-0.3, -0.25) is 14.3 Å². The molecule has 0 fully saturated rings. The van der Waals surface area contributed by atoms with Gasteiger partial charge in [-0.25, -0.2) is 0 Å². The van der Waals surface area contributed by atoms with Crippen LogP contribution < -0.4 is 4.90 Å². The summed E-state index contributed by atoms with van der Waals surface area (Å²) in [5.74, 6) is 1.10. The van der Waals surface area contributed by atoms with E-state index in [1.807, 2.05) is 63.7 Å². The maximum absolute atomic E-state index is 13.4. The lowest BCUT2D eigenvalue weighted by Crippen LogP contribution is -2.33. The largest absolute Gasteiger partial charge is 0.311 e. The van der Waals surface area contributed by atoms with E-state index in [0.29, 0.717) is 10.4 Å². The van der Waals surface area contributed by atoms with Crippen molar-refractivity contribution in [1.29, 1.82) is 0 Å². The van der Waals surface area contributed by atoms with Crippen molar-refractivity contribution in [1.82, 2.24) is 19.7 Å². The molecule has 0 spiro atoms. The van der Waals surface area contributed by atoms with Crippen molar-refractivity contribution in [3.63, 3.8) is 0 Å². The second-order valence-electron chi connectivity index (χ2n) is 8.18. The second-order valence-corrected chi connectivity index (χ2v) is 10.6. The number of carbonyl (C=O) groups is 1. The molecule has 0 N–H and O–H groups in total. The number of nitrogens with zero attached hydrogens (tertiary/aromatic N) is 5. The molecule has 0 radical (unpaired) electrons. The highest BCUT2D eigenvalue weighted by Gasteiger charge is 2.25. The fourth-order valence-electron chi connectivity index (χ4n) is 4.03. The Hall–Kier alpha value is -3.10. The van der Waals surface area contributed by atoms with E-state index >= 15 is 0 Å². The van der Waals surface area contributed by atoms with Crippen LogP contribution in [0.4, 0.5) is 5.69 Å². The number of benzene rings is 2. The Kier molecular flexibility index (Phi) is 6.69. The van der Waals surface area contributed by atoms with Gasteiger partial charge < -0.3 is 4.90 Å². The van der Waals surface area contributed by atoms with Crippen molar-refractivity contribution in [2.24, 2.45) is 0 Å². The lowest BCUT2D eigenvalue weighted by atomic mass is 10.2. The van der Waals surface area contributed by atoms with E-state index in [2.05, 4.69) is 47.2 Å². The number of fused-ring (bicyclic) bond motifs is 1. The first kappa shape index (κ1) is 22.7. The number of hydrogen-bond donors (Lipinski definition) is 0. The molecule has 2 aromatic carbocycles. The zero-order chi connectivity index (χ0) is 23.5. The van der Waals surface area contributed by atoms with Gasteiger partial charge in [-0.05, 0) is 49.2 Å². The third kappa shape index (κ3) is 4.60. The minimum atomic E-state index is 0.0805. The number of aryl methyl sites for hydroxylation is 1. The summed E-state index contributed by atoms with van der Waals surface area (Å²) in [5, 5.41) is 10.1. The van der Waals surface area contributed by atoms with Crippen LogP contribution in [0.2, 0.25) is 0 Å². The summed E-state index contributed by atoms with van der Waals surface area (Å²) in [4.78, 5) is 20.6. The summed E-state index contributed by atoms with van der Waals surface area (Å²) in [6.07, 6.45) is 4.46. The lowest BCUT2D eigenvalue weighted by Gasteiger charge is -2.22. The van der Waals surface area contributed by atoms with Gasteiger partial charge in [0.25, 0.3) is 0 Å². The van der Waals surface area contributed by atoms with Crippen LogP contribution in [0.15, 0.2) is 83.1 Å². The third-order valence-electron chi connectivity index (χ3n) is 5.80. The molecule has 1 unspecified atom stereocenters. The van der Waals surface area contributed by atoms with Gasteiger partial charge in [0.1, 0.15) is 0 Å². The topological polar surface area (TPSA) is 63.9 Å². The first-order valence-electron chi connectivity index (χ1n) is 11.2. The highest BCUT2D eigenvalue weighted by Crippen LogP contribution is 2.38. The Labute approximate surface area is 207 Å². The first-order chi connectivity index (χ1) is 16.6. The molecular formula is C26H25N5OS2. The van der Waals surface area contributed by atoms with Crippen LogP contribution in [-0.2, 0) is 4.79 Å². The number of carbonyl (C=O) groups excluding carboxylic acids is 1. The van der Waals surface area contributed by atoms with Crippen molar-refractivity contribution < 1.29 is 4.79 Å². The van der Waals surface area contributed by atoms with Crippen LogP contribution in [0.25, 0.3) is 17.1 Å². The third-order valence-corrected chi connectivity index (χ3v) is 7.95. The SMILES string of the molecule is Cc1ccccc1-n1c(SCC(=O)N2CCC(C)Sc3ccccc32)nnc1-c1ccncc1. The predicted octanol–water partition coefficient (Wildman–Crippen LogP) is 5.65. The summed E-state index contributed by atoms with van der Waals surface area (Å²) in [7, 11) is 0. The standard InChI is InChI=1S/C26H25N5OS2/c1-18-7-3-4-8-21(18)31-25(20-11-14-27-15-12-20)28-29-26(31)33-17-24(32)30-16-13-19(2)34-23-10-6-5-9-22(23)30/h3-12,14-15,19H,13,16-17H2,1-2H3. The van der Waals surface area contributed by atoms with Crippen molar-refractivity contribution in [2.45, 2.75) is 35.6 Å². The Morgan fingerprint density at radius 1 is 1.03 bits per heavy atom. The summed E-state index contributed by atoms with van der Waals surface area (Å²) >= 11 is 3.26. The fourth-order valence-corrected chi connectivity index (χ4v) is 5.97. The summed E-state index contributed by atoms with van der Waals surface area (Å²) in [5.41, 5.74) is 4.04. The highest BCUT2D eigenvalue weighted by atomic mass is 32.2. The Morgan fingerprint density at radius 2 is 1.76 bits per heavy atom. The fraction of sp³-hybridized carbons (Fsp3) is 0.231. The van der Waals surface area contributed by atoms with Gasteiger partial charge in [0.2, 0.25) is 5.91 Å².